The Morgan fingerprint density at radius 1 is 1.46 bits per heavy atom. The zero-order valence-electron chi connectivity index (χ0n) is 8.64. The third-order valence-electron chi connectivity index (χ3n) is 2.85. The molecule has 0 amide bonds. The molecule has 0 aliphatic heterocycles. The van der Waals surface area contributed by atoms with Gasteiger partial charge in [0.2, 0.25) is 0 Å². The Labute approximate surface area is 81.0 Å². The van der Waals surface area contributed by atoms with Crippen LogP contribution in [0.3, 0.4) is 0 Å². The van der Waals surface area contributed by atoms with Crippen LogP contribution in [0.4, 0.5) is 0 Å². The van der Waals surface area contributed by atoms with Gasteiger partial charge in [0, 0.05) is 20.3 Å². The normalized spacial score (nSPS) is 18.9. The van der Waals surface area contributed by atoms with E-state index in [0.29, 0.717) is 5.41 Å². The zero-order chi connectivity index (χ0) is 9.57. The van der Waals surface area contributed by atoms with Gasteiger partial charge >= 0.3 is 0 Å². The summed E-state index contributed by atoms with van der Waals surface area (Å²) in [4.78, 5) is 0. The molecule has 13 heavy (non-hydrogen) atoms. The van der Waals surface area contributed by atoms with Crippen molar-refractivity contribution < 1.29 is 4.74 Å². The minimum absolute atomic E-state index is 0.574. The van der Waals surface area contributed by atoms with E-state index in [1.807, 2.05) is 0 Å². The van der Waals surface area contributed by atoms with Gasteiger partial charge in [-0.2, -0.15) is 0 Å². The van der Waals surface area contributed by atoms with Gasteiger partial charge in [-0.25, -0.2) is 0 Å². The number of rotatable bonds is 8. The van der Waals surface area contributed by atoms with Crippen molar-refractivity contribution >= 4 is 0 Å². The maximum absolute atomic E-state index is 5.41. The van der Waals surface area contributed by atoms with E-state index >= 15 is 0 Å². The molecule has 0 bridgehead atoms. The summed E-state index contributed by atoms with van der Waals surface area (Å²) >= 11 is 0. The van der Waals surface area contributed by atoms with E-state index in [1.54, 1.807) is 7.11 Å². The fourth-order valence-corrected chi connectivity index (χ4v) is 1.59. The fourth-order valence-electron chi connectivity index (χ4n) is 1.59. The van der Waals surface area contributed by atoms with Crippen LogP contribution >= 0.6 is 0 Å². The van der Waals surface area contributed by atoms with Crippen LogP contribution in [0.5, 0.6) is 0 Å². The molecule has 1 saturated carbocycles. The molecule has 0 atom stereocenters. The van der Waals surface area contributed by atoms with Gasteiger partial charge in [0.15, 0.2) is 0 Å². The van der Waals surface area contributed by atoms with Crippen molar-refractivity contribution in [3.05, 3.63) is 0 Å². The molecule has 0 radical (unpaired) electrons. The molecule has 0 heterocycles. The van der Waals surface area contributed by atoms with Crippen molar-refractivity contribution in [2.24, 2.45) is 11.1 Å². The van der Waals surface area contributed by atoms with Gasteiger partial charge < -0.3 is 15.8 Å². The molecule has 3 nitrogen and oxygen atoms in total. The quantitative estimate of drug-likeness (QED) is 0.550. The molecule has 1 fully saturated rings. The van der Waals surface area contributed by atoms with Gasteiger partial charge in [-0.05, 0) is 44.2 Å². The number of nitrogens with two attached hydrogens (primary N) is 1. The smallest absolute Gasteiger partial charge is 0.0468 e. The Morgan fingerprint density at radius 3 is 2.77 bits per heavy atom. The maximum atomic E-state index is 5.41. The summed E-state index contributed by atoms with van der Waals surface area (Å²) in [5.41, 5.74) is 5.99. The molecule has 0 saturated heterocycles. The van der Waals surface area contributed by atoms with Crippen LogP contribution in [0.15, 0.2) is 0 Å². The number of ether oxygens (including phenoxy) is 1. The summed E-state index contributed by atoms with van der Waals surface area (Å²) in [6.07, 6.45) is 5.03. The highest BCUT2D eigenvalue weighted by molar-refractivity contribution is 4.94. The molecule has 0 aromatic rings. The van der Waals surface area contributed by atoms with Crippen molar-refractivity contribution in [1.29, 1.82) is 0 Å². The minimum Gasteiger partial charge on any atom is -0.385 e. The summed E-state index contributed by atoms with van der Waals surface area (Å²) in [6, 6.07) is 0. The first-order valence-electron chi connectivity index (χ1n) is 5.23. The maximum Gasteiger partial charge on any atom is 0.0468 e. The number of hydrogen-bond acceptors (Lipinski definition) is 3. The monoisotopic (exact) mass is 186 g/mol. The molecule has 0 unspecified atom stereocenters. The standard InChI is InChI=1S/C10H22N2O/c1-13-8-5-10(3-4-10)9-12-7-2-6-11/h12H,2-9,11H2,1H3. The second kappa shape index (κ2) is 5.58. The van der Waals surface area contributed by atoms with Crippen molar-refractivity contribution in [3.63, 3.8) is 0 Å². The van der Waals surface area contributed by atoms with Crippen LogP contribution in [0.25, 0.3) is 0 Å². The Hall–Kier alpha value is -0.120. The molecule has 1 aliphatic rings. The van der Waals surface area contributed by atoms with E-state index in [0.717, 1.165) is 32.7 Å². The highest BCUT2D eigenvalue weighted by Gasteiger charge is 2.41. The Balaban J connectivity index is 1.99. The average Bonchev–Trinajstić information content (AvgIpc) is 2.91. The van der Waals surface area contributed by atoms with Gasteiger partial charge in [0.1, 0.15) is 0 Å². The highest BCUT2D eigenvalue weighted by atomic mass is 16.5. The van der Waals surface area contributed by atoms with Crippen LogP contribution in [0.2, 0.25) is 0 Å². The van der Waals surface area contributed by atoms with E-state index in [2.05, 4.69) is 5.32 Å². The van der Waals surface area contributed by atoms with Gasteiger partial charge in [-0.1, -0.05) is 0 Å². The fraction of sp³-hybridized carbons (Fsp3) is 1.00. The van der Waals surface area contributed by atoms with Crippen molar-refractivity contribution in [2.45, 2.75) is 25.7 Å². The van der Waals surface area contributed by atoms with Crippen molar-refractivity contribution in [3.8, 4) is 0 Å². The summed E-state index contributed by atoms with van der Waals surface area (Å²) < 4.78 is 5.10. The van der Waals surface area contributed by atoms with Crippen LogP contribution in [-0.2, 0) is 4.74 Å². The molecule has 78 valence electrons. The Kier molecular flexibility index (Phi) is 4.70. The largest absolute Gasteiger partial charge is 0.385 e. The second-order valence-corrected chi connectivity index (χ2v) is 4.06. The van der Waals surface area contributed by atoms with Crippen LogP contribution in [0.1, 0.15) is 25.7 Å². The van der Waals surface area contributed by atoms with Gasteiger partial charge in [-0.3, -0.25) is 0 Å². The topological polar surface area (TPSA) is 47.3 Å². The predicted octanol–water partition coefficient (Wildman–Crippen LogP) is 0.741. The first-order chi connectivity index (χ1) is 6.33. The molecule has 0 aromatic carbocycles. The van der Waals surface area contributed by atoms with Crippen molar-refractivity contribution in [1.82, 2.24) is 5.32 Å². The third kappa shape index (κ3) is 4.07. The Bertz CT molecular complexity index is 135. The molecule has 1 aliphatic carbocycles. The zero-order valence-corrected chi connectivity index (χ0v) is 8.64. The van der Waals surface area contributed by atoms with E-state index in [-0.39, 0.29) is 0 Å². The third-order valence-corrected chi connectivity index (χ3v) is 2.85. The van der Waals surface area contributed by atoms with E-state index in [4.69, 9.17) is 10.5 Å². The first kappa shape index (κ1) is 11.0. The Morgan fingerprint density at radius 2 is 2.23 bits per heavy atom. The molecule has 3 heteroatoms. The van der Waals surface area contributed by atoms with Gasteiger partial charge in [0.25, 0.3) is 0 Å². The predicted molar refractivity (Wildman–Crippen MR) is 54.7 cm³/mol. The molecule has 1 rings (SSSR count). The number of nitrogens with one attached hydrogen (secondary N) is 1. The summed E-state index contributed by atoms with van der Waals surface area (Å²) in [5, 5.41) is 3.46. The molecular formula is C10H22N2O. The lowest BCUT2D eigenvalue weighted by Gasteiger charge is -2.15. The highest BCUT2D eigenvalue weighted by Crippen LogP contribution is 2.48. The number of hydrogen-bond donors (Lipinski definition) is 2. The van der Waals surface area contributed by atoms with E-state index in [1.165, 1.54) is 19.3 Å². The van der Waals surface area contributed by atoms with Crippen molar-refractivity contribution in [2.75, 3.05) is 33.4 Å². The SMILES string of the molecule is COCCC1(CNCCCN)CC1. The summed E-state index contributed by atoms with van der Waals surface area (Å²) in [6.45, 7) is 3.90. The lowest BCUT2D eigenvalue weighted by atomic mass is 10.0. The van der Waals surface area contributed by atoms with Crippen LogP contribution < -0.4 is 11.1 Å². The van der Waals surface area contributed by atoms with E-state index in [9.17, 15) is 0 Å². The van der Waals surface area contributed by atoms with E-state index < -0.39 is 0 Å². The molecule has 0 aromatic heterocycles. The lowest BCUT2D eigenvalue weighted by molar-refractivity contribution is 0.171. The first-order valence-corrected chi connectivity index (χ1v) is 5.23. The van der Waals surface area contributed by atoms with Gasteiger partial charge in [-0.15, -0.1) is 0 Å². The molecule has 0 spiro atoms. The lowest BCUT2D eigenvalue weighted by Crippen LogP contribution is -2.27. The molecule has 3 N–H and O–H groups in total. The second-order valence-electron chi connectivity index (χ2n) is 4.06. The van der Waals surface area contributed by atoms with Crippen LogP contribution in [0, 0.1) is 5.41 Å². The minimum atomic E-state index is 0.574. The van der Waals surface area contributed by atoms with Crippen LogP contribution in [-0.4, -0.2) is 33.4 Å². The van der Waals surface area contributed by atoms with Gasteiger partial charge in [0.05, 0.1) is 0 Å². The molecular weight excluding hydrogens is 164 g/mol. The average molecular weight is 186 g/mol. The summed E-state index contributed by atoms with van der Waals surface area (Å²) in [5.74, 6) is 0. The number of methoxy groups -OCH3 is 1. The summed E-state index contributed by atoms with van der Waals surface area (Å²) in [7, 11) is 1.78.